The van der Waals surface area contributed by atoms with E-state index in [9.17, 15) is 9.90 Å². The van der Waals surface area contributed by atoms with Crippen LogP contribution in [0.25, 0.3) is 0 Å². The Bertz CT molecular complexity index is 603. The zero-order chi connectivity index (χ0) is 17.3. The number of rotatable bonds is 6. The summed E-state index contributed by atoms with van der Waals surface area (Å²) >= 11 is 0. The highest BCUT2D eigenvalue weighted by Gasteiger charge is 2.45. The number of benzene rings is 1. The van der Waals surface area contributed by atoms with Gasteiger partial charge in [-0.15, -0.1) is 0 Å². The standard InChI is InChI=1S/C19H27NO4/c1-4-12(2)5-7-15-18(19(21)22)14(10-20(15)3)13-6-8-16-17(9-13)24-11-23-16/h6,8-9,12,14-15,18H,4-5,7,10-11H2,1-3H3,(H,21,22). The summed E-state index contributed by atoms with van der Waals surface area (Å²) in [4.78, 5) is 14.2. The molecule has 132 valence electrons. The minimum Gasteiger partial charge on any atom is -0.481 e. The molecule has 24 heavy (non-hydrogen) atoms. The number of likely N-dealkylation sites (N-methyl/N-ethyl adjacent to an activating group) is 1. The Morgan fingerprint density at radius 3 is 2.83 bits per heavy atom. The van der Waals surface area contributed by atoms with E-state index >= 15 is 0 Å². The quantitative estimate of drug-likeness (QED) is 0.865. The molecule has 1 fully saturated rings. The van der Waals surface area contributed by atoms with Crippen molar-refractivity contribution >= 4 is 5.97 Å². The molecule has 0 aromatic heterocycles. The molecule has 0 radical (unpaired) electrons. The van der Waals surface area contributed by atoms with Gasteiger partial charge in [-0.1, -0.05) is 26.3 Å². The van der Waals surface area contributed by atoms with Crippen molar-refractivity contribution in [2.24, 2.45) is 11.8 Å². The predicted octanol–water partition coefficient (Wildman–Crippen LogP) is 3.34. The third-order valence-electron chi connectivity index (χ3n) is 5.66. The summed E-state index contributed by atoms with van der Waals surface area (Å²) in [7, 11) is 2.05. The summed E-state index contributed by atoms with van der Waals surface area (Å²) in [6.07, 6.45) is 3.15. The second kappa shape index (κ2) is 7.01. The maximum absolute atomic E-state index is 12.0. The zero-order valence-corrected chi connectivity index (χ0v) is 14.7. The summed E-state index contributed by atoms with van der Waals surface area (Å²) in [5.74, 6) is 1.02. The number of hydrogen-bond donors (Lipinski definition) is 1. The SMILES string of the molecule is CCC(C)CCC1C(C(=O)O)C(c2ccc3c(c2)OCO3)CN1C. The fraction of sp³-hybridized carbons (Fsp3) is 0.632. The molecule has 5 nitrogen and oxygen atoms in total. The number of aliphatic carboxylic acids is 1. The van der Waals surface area contributed by atoms with E-state index in [0.717, 1.165) is 42.9 Å². The highest BCUT2D eigenvalue weighted by atomic mass is 16.7. The lowest BCUT2D eigenvalue weighted by atomic mass is 9.83. The summed E-state index contributed by atoms with van der Waals surface area (Å²) in [6, 6.07) is 5.92. The van der Waals surface area contributed by atoms with Crippen LogP contribution in [0.4, 0.5) is 0 Å². The average Bonchev–Trinajstić information content (AvgIpc) is 3.15. The van der Waals surface area contributed by atoms with Crippen molar-refractivity contribution in [1.82, 2.24) is 4.90 Å². The van der Waals surface area contributed by atoms with Gasteiger partial charge in [-0.3, -0.25) is 4.79 Å². The Morgan fingerprint density at radius 1 is 1.38 bits per heavy atom. The molecular weight excluding hydrogens is 306 g/mol. The van der Waals surface area contributed by atoms with Crippen LogP contribution in [0.3, 0.4) is 0 Å². The number of hydrogen-bond acceptors (Lipinski definition) is 4. The molecule has 1 aromatic rings. The first-order chi connectivity index (χ1) is 11.5. The molecule has 4 atom stereocenters. The van der Waals surface area contributed by atoms with Gasteiger partial charge in [0, 0.05) is 18.5 Å². The van der Waals surface area contributed by atoms with E-state index in [1.165, 1.54) is 0 Å². The number of ether oxygens (including phenoxy) is 2. The van der Waals surface area contributed by atoms with Crippen molar-refractivity contribution in [3.8, 4) is 11.5 Å². The second-order valence-electron chi connectivity index (χ2n) is 7.18. The van der Waals surface area contributed by atoms with Crippen molar-refractivity contribution in [2.75, 3.05) is 20.4 Å². The molecule has 1 N–H and O–H groups in total. The first-order valence-electron chi connectivity index (χ1n) is 8.83. The largest absolute Gasteiger partial charge is 0.481 e. The summed E-state index contributed by atoms with van der Waals surface area (Å²) in [6.45, 7) is 5.43. The van der Waals surface area contributed by atoms with Gasteiger partial charge in [0.2, 0.25) is 6.79 Å². The molecule has 2 aliphatic heterocycles. The van der Waals surface area contributed by atoms with E-state index in [-0.39, 0.29) is 24.7 Å². The molecule has 0 aliphatic carbocycles. The third kappa shape index (κ3) is 3.22. The van der Waals surface area contributed by atoms with Crippen molar-refractivity contribution in [1.29, 1.82) is 0 Å². The Labute approximate surface area is 143 Å². The lowest BCUT2D eigenvalue weighted by Gasteiger charge is -2.24. The molecule has 2 heterocycles. The maximum Gasteiger partial charge on any atom is 0.308 e. The van der Waals surface area contributed by atoms with Crippen LogP contribution in [0.15, 0.2) is 18.2 Å². The summed E-state index contributed by atoms with van der Waals surface area (Å²) in [5, 5.41) is 9.87. The van der Waals surface area contributed by atoms with Gasteiger partial charge in [0.25, 0.3) is 0 Å². The van der Waals surface area contributed by atoms with Crippen LogP contribution < -0.4 is 9.47 Å². The molecule has 0 saturated carbocycles. The number of carboxylic acids is 1. The van der Waals surface area contributed by atoms with Gasteiger partial charge in [-0.25, -0.2) is 0 Å². The maximum atomic E-state index is 12.0. The Kier molecular flexibility index (Phi) is 4.99. The molecule has 5 heteroatoms. The van der Waals surface area contributed by atoms with Crippen molar-refractivity contribution in [3.05, 3.63) is 23.8 Å². The Hall–Kier alpha value is -1.75. The lowest BCUT2D eigenvalue weighted by Crippen LogP contribution is -2.34. The Morgan fingerprint density at radius 2 is 2.12 bits per heavy atom. The average molecular weight is 333 g/mol. The lowest BCUT2D eigenvalue weighted by molar-refractivity contribution is -0.143. The highest BCUT2D eigenvalue weighted by Crippen LogP contribution is 2.42. The first-order valence-corrected chi connectivity index (χ1v) is 8.83. The van der Waals surface area contributed by atoms with Crippen LogP contribution in [0.1, 0.15) is 44.6 Å². The van der Waals surface area contributed by atoms with Gasteiger partial charge >= 0.3 is 5.97 Å². The van der Waals surface area contributed by atoms with E-state index in [1.54, 1.807) is 0 Å². The van der Waals surface area contributed by atoms with E-state index < -0.39 is 5.97 Å². The molecular formula is C19H27NO4. The molecule has 1 aromatic carbocycles. The normalized spacial score (nSPS) is 27.4. The molecule has 1 saturated heterocycles. The fourth-order valence-electron chi connectivity index (χ4n) is 3.95. The van der Waals surface area contributed by atoms with E-state index in [4.69, 9.17) is 9.47 Å². The van der Waals surface area contributed by atoms with E-state index in [2.05, 4.69) is 18.7 Å². The minimum absolute atomic E-state index is 0.0102. The number of carbonyl (C=O) groups is 1. The number of nitrogens with zero attached hydrogens (tertiary/aromatic N) is 1. The van der Waals surface area contributed by atoms with E-state index in [0.29, 0.717) is 5.92 Å². The fourth-order valence-corrected chi connectivity index (χ4v) is 3.95. The summed E-state index contributed by atoms with van der Waals surface area (Å²) in [5.41, 5.74) is 1.03. The molecule has 0 spiro atoms. The Balaban J connectivity index is 1.81. The number of likely N-dealkylation sites (tertiary alicyclic amines) is 1. The van der Waals surface area contributed by atoms with Crippen molar-refractivity contribution in [2.45, 2.75) is 45.1 Å². The molecule has 3 rings (SSSR count). The molecule has 2 aliphatic rings. The summed E-state index contributed by atoms with van der Waals surface area (Å²) < 4.78 is 10.8. The topological polar surface area (TPSA) is 59.0 Å². The van der Waals surface area contributed by atoms with Crippen LogP contribution in [-0.2, 0) is 4.79 Å². The highest BCUT2D eigenvalue weighted by molar-refractivity contribution is 5.73. The van der Waals surface area contributed by atoms with Gasteiger partial charge in [0.15, 0.2) is 11.5 Å². The number of fused-ring (bicyclic) bond motifs is 1. The number of carboxylic acid groups (broad SMARTS) is 1. The van der Waals surface area contributed by atoms with Crippen molar-refractivity contribution < 1.29 is 19.4 Å². The van der Waals surface area contributed by atoms with Gasteiger partial charge in [0.05, 0.1) is 5.92 Å². The molecule has 0 bridgehead atoms. The van der Waals surface area contributed by atoms with Crippen LogP contribution in [-0.4, -0.2) is 42.4 Å². The van der Waals surface area contributed by atoms with Gasteiger partial charge < -0.3 is 19.5 Å². The first kappa shape index (κ1) is 17.1. The predicted molar refractivity (Wildman–Crippen MR) is 91.5 cm³/mol. The van der Waals surface area contributed by atoms with Crippen LogP contribution in [0, 0.1) is 11.8 Å². The van der Waals surface area contributed by atoms with Gasteiger partial charge in [0.1, 0.15) is 0 Å². The zero-order valence-electron chi connectivity index (χ0n) is 14.7. The monoisotopic (exact) mass is 333 g/mol. The van der Waals surface area contributed by atoms with Crippen molar-refractivity contribution in [3.63, 3.8) is 0 Å². The van der Waals surface area contributed by atoms with Crippen LogP contribution in [0.5, 0.6) is 11.5 Å². The van der Waals surface area contributed by atoms with Gasteiger partial charge in [-0.2, -0.15) is 0 Å². The van der Waals surface area contributed by atoms with E-state index in [1.807, 2.05) is 25.2 Å². The molecule has 0 amide bonds. The van der Waals surface area contributed by atoms with Crippen LogP contribution in [0.2, 0.25) is 0 Å². The van der Waals surface area contributed by atoms with Gasteiger partial charge in [-0.05, 0) is 43.5 Å². The third-order valence-corrected chi connectivity index (χ3v) is 5.66. The second-order valence-corrected chi connectivity index (χ2v) is 7.18. The smallest absolute Gasteiger partial charge is 0.308 e. The van der Waals surface area contributed by atoms with Crippen LogP contribution >= 0.6 is 0 Å². The molecule has 4 unspecified atom stereocenters. The minimum atomic E-state index is -0.698.